The number of sulfonamides is 1. The van der Waals surface area contributed by atoms with E-state index in [9.17, 15) is 21.6 Å². The third-order valence-corrected chi connectivity index (χ3v) is 5.20. The van der Waals surface area contributed by atoms with Crippen LogP contribution in [0.3, 0.4) is 0 Å². The highest BCUT2D eigenvalue weighted by molar-refractivity contribution is 8.06. The van der Waals surface area contributed by atoms with Gasteiger partial charge in [0.05, 0.1) is 6.54 Å². The smallest absolute Gasteiger partial charge is 0.226 e. The Morgan fingerprint density at radius 2 is 1.56 bits per heavy atom. The van der Waals surface area contributed by atoms with E-state index in [4.69, 9.17) is 0 Å². The quantitative estimate of drug-likeness (QED) is 0.728. The fraction of sp³-hybridized carbons (Fsp3) is 0.875. The molecule has 8 heteroatoms. The average molecular weight is 271 g/mol. The van der Waals surface area contributed by atoms with Crippen molar-refractivity contribution in [1.82, 2.24) is 4.72 Å². The van der Waals surface area contributed by atoms with Gasteiger partial charge in [0.15, 0.2) is 20.7 Å². The van der Waals surface area contributed by atoms with Crippen molar-refractivity contribution < 1.29 is 21.6 Å². The number of hydrogen-bond acceptors (Lipinski definition) is 5. The normalized spacial score (nSPS) is 13.8. The van der Waals surface area contributed by atoms with Crippen molar-refractivity contribution in [3.63, 3.8) is 0 Å². The van der Waals surface area contributed by atoms with E-state index < -0.39 is 30.4 Å². The third kappa shape index (κ3) is 6.91. The fourth-order valence-electron chi connectivity index (χ4n) is 0.764. The topological polar surface area (TPSA) is 97.4 Å². The highest BCUT2D eigenvalue weighted by atomic mass is 32.3. The van der Waals surface area contributed by atoms with Crippen LogP contribution in [0.5, 0.6) is 0 Å². The summed E-state index contributed by atoms with van der Waals surface area (Å²) in [6.07, 6.45) is 0.817. The van der Waals surface area contributed by atoms with E-state index in [0.717, 1.165) is 6.26 Å². The van der Waals surface area contributed by atoms with Gasteiger partial charge in [-0.05, 0) is 0 Å². The molecule has 0 atom stereocenters. The van der Waals surface area contributed by atoms with Crippen molar-refractivity contribution in [3.05, 3.63) is 0 Å². The zero-order valence-corrected chi connectivity index (χ0v) is 11.4. The van der Waals surface area contributed by atoms with Gasteiger partial charge in [0, 0.05) is 11.7 Å². The van der Waals surface area contributed by atoms with E-state index in [1.54, 1.807) is 20.8 Å². The molecule has 96 valence electrons. The van der Waals surface area contributed by atoms with Crippen molar-refractivity contribution in [2.45, 2.75) is 20.8 Å². The maximum atomic E-state index is 11.4. The summed E-state index contributed by atoms with van der Waals surface area (Å²) >= 11 is 0. The van der Waals surface area contributed by atoms with E-state index in [2.05, 4.69) is 0 Å². The van der Waals surface area contributed by atoms with Gasteiger partial charge in [-0.1, -0.05) is 20.8 Å². The summed E-state index contributed by atoms with van der Waals surface area (Å²) < 4.78 is 46.0. The second-order valence-electron chi connectivity index (χ2n) is 4.65. The van der Waals surface area contributed by atoms with Crippen LogP contribution in [0, 0.1) is 5.41 Å². The number of carbonyl (C=O) groups is 1. The highest BCUT2D eigenvalue weighted by Gasteiger charge is 2.24. The summed E-state index contributed by atoms with van der Waals surface area (Å²) in [5.41, 5.74) is -0.659. The first kappa shape index (κ1) is 15.5. The molecule has 0 rings (SSSR count). The Labute approximate surface area is 96.4 Å². The first-order chi connectivity index (χ1) is 6.83. The van der Waals surface area contributed by atoms with Crippen molar-refractivity contribution in [2.75, 3.05) is 17.9 Å². The van der Waals surface area contributed by atoms with Crippen molar-refractivity contribution >= 4 is 25.6 Å². The minimum Gasteiger partial charge on any atom is -0.298 e. The minimum atomic E-state index is -3.95. The molecule has 0 aromatic heterocycles. The molecular formula is C8H17NO5S2. The van der Waals surface area contributed by atoms with Crippen molar-refractivity contribution in [3.8, 4) is 0 Å². The summed E-state index contributed by atoms with van der Waals surface area (Å²) in [4.78, 5) is 11.4. The fourth-order valence-corrected chi connectivity index (χ4v) is 3.70. The molecule has 0 saturated carbocycles. The number of sulfone groups is 1. The number of Topliss-reactive ketones (excluding diaryl/α,β-unsaturated/α-hetero) is 1. The van der Waals surface area contributed by atoms with Crippen LogP contribution in [-0.2, 0) is 24.7 Å². The summed E-state index contributed by atoms with van der Waals surface area (Å²) in [5.74, 6) is -0.301. The maximum absolute atomic E-state index is 11.4. The molecule has 6 nitrogen and oxygen atoms in total. The maximum Gasteiger partial charge on any atom is 0.226 e. The molecule has 1 N–H and O–H groups in total. The molecule has 0 aromatic carbocycles. The lowest BCUT2D eigenvalue weighted by Gasteiger charge is -2.16. The van der Waals surface area contributed by atoms with E-state index >= 15 is 0 Å². The van der Waals surface area contributed by atoms with Gasteiger partial charge in [0.1, 0.15) is 0 Å². The lowest BCUT2D eigenvalue weighted by molar-refractivity contribution is -0.125. The molecule has 0 aliphatic carbocycles. The Hall–Kier alpha value is -0.470. The Morgan fingerprint density at radius 3 is 1.88 bits per heavy atom. The second-order valence-corrected chi connectivity index (χ2v) is 8.97. The largest absolute Gasteiger partial charge is 0.298 e. The highest BCUT2D eigenvalue weighted by Crippen LogP contribution is 2.13. The monoisotopic (exact) mass is 271 g/mol. The van der Waals surface area contributed by atoms with Gasteiger partial charge in [0.25, 0.3) is 0 Å². The molecule has 0 aromatic rings. The Balaban J connectivity index is 4.50. The molecule has 16 heavy (non-hydrogen) atoms. The summed E-state index contributed by atoms with van der Waals surface area (Å²) in [6, 6.07) is 0. The van der Waals surface area contributed by atoms with Gasteiger partial charge in [0.2, 0.25) is 10.0 Å². The Kier molecular flexibility index (Phi) is 4.66. The van der Waals surface area contributed by atoms with Crippen LogP contribution in [0.25, 0.3) is 0 Å². The average Bonchev–Trinajstić information content (AvgIpc) is 1.93. The van der Waals surface area contributed by atoms with Gasteiger partial charge < -0.3 is 0 Å². The lowest BCUT2D eigenvalue weighted by Crippen LogP contribution is -2.37. The summed E-state index contributed by atoms with van der Waals surface area (Å²) in [7, 11) is -7.58. The molecule has 0 amide bonds. The number of rotatable bonds is 5. The molecule has 0 spiro atoms. The predicted molar refractivity (Wildman–Crippen MR) is 61.1 cm³/mol. The number of nitrogens with one attached hydrogen (secondary N) is 1. The Morgan fingerprint density at radius 1 is 1.12 bits per heavy atom. The Bertz CT molecular complexity index is 455. The zero-order valence-electron chi connectivity index (χ0n) is 9.77. The van der Waals surface area contributed by atoms with E-state index in [0.29, 0.717) is 0 Å². The van der Waals surface area contributed by atoms with Crippen LogP contribution in [0.2, 0.25) is 0 Å². The zero-order chi connectivity index (χ0) is 13.2. The summed E-state index contributed by atoms with van der Waals surface area (Å²) in [6.45, 7) is 4.57. The molecule has 0 aliphatic rings. The first-order valence-electron chi connectivity index (χ1n) is 4.52. The molecule has 0 radical (unpaired) electrons. The van der Waals surface area contributed by atoms with Gasteiger partial charge in [-0.3, -0.25) is 4.79 Å². The first-order valence-corrected chi connectivity index (χ1v) is 8.23. The molecule has 0 fully saturated rings. The van der Waals surface area contributed by atoms with E-state index in [1.165, 1.54) is 0 Å². The minimum absolute atomic E-state index is 0.301. The lowest BCUT2D eigenvalue weighted by atomic mass is 9.91. The molecule has 0 saturated heterocycles. The van der Waals surface area contributed by atoms with E-state index in [1.807, 2.05) is 4.72 Å². The molecular weight excluding hydrogens is 254 g/mol. The van der Waals surface area contributed by atoms with E-state index in [-0.39, 0.29) is 12.3 Å². The number of hydrogen-bond donors (Lipinski definition) is 1. The van der Waals surface area contributed by atoms with Crippen LogP contribution in [0.1, 0.15) is 20.8 Å². The standard InChI is InChI=1S/C8H17NO5S2/c1-8(2,3)7(10)5-9-16(13,14)6-15(4,11)12/h9H,5-6H2,1-4H3. The molecule has 0 unspecified atom stereocenters. The molecule has 0 aliphatic heterocycles. The van der Waals surface area contributed by atoms with Crippen molar-refractivity contribution in [1.29, 1.82) is 0 Å². The van der Waals surface area contributed by atoms with Crippen LogP contribution >= 0.6 is 0 Å². The van der Waals surface area contributed by atoms with Gasteiger partial charge in [-0.2, -0.15) is 0 Å². The van der Waals surface area contributed by atoms with Gasteiger partial charge in [-0.15, -0.1) is 0 Å². The second kappa shape index (κ2) is 4.80. The van der Waals surface area contributed by atoms with Crippen LogP contribution in [-0.4, -0.2) is 40.5 Å². The van der Waals surface area contributed by atoms with Crippen LogP contribution < -0.4 is 4.72 Å². The third-order valence-electron chi connectivity index (χ3n) is 1.66. The van der Waals surface area contributed by atoms with Gasteiger partial charge >= 0.3 is 0 Å². The molecule has 0 bridgehead atoms. The summed E-state index contributed by atoms with van der Waals surface area (Å²) in [5, 5.41) is -1.00. The van der Waals surface area contributed by atoms with Crippen LogP contribution in [0.4, 0.5) is 0 Å². The van der Waals surface area contributed by atoms with Crippen LogP contribution in [0.15, 0.2) is 0 Å². The molecule has 0 heterocycles. The SMILES string of the molecule is CC(C)(C)C(=O)CNS(=O)(=O)CS(C)(=O)=O. The number of carbonyl (C=O) groups excluding carboxylic acids is 1. The van der Waals surface area contributed by atoms with Gasteiger partial charge in [-0.25, -0.2) is 21.6 Å². The van der Waals surface area contributed by atoms with Crippen molar-refractivity contribution in [2.24, 2.45) is 5.41 Å². The number of ketones is 1. The predicted octanol–water partition coefficient (Wildman–Crippen LogP) is -0.477.